The van der Waals surface area contributed by atoms with Gasteiger partial charge in [0, 0.05) is 5.56 Å². The fourth-order valence-corrected chi connectivity index (χ4v) is 2.70. The highest BCUT2D eigenvalue weighted by Crippen LogP contribution is 2.21. The summed E-state index contributed by atoms with van der Waals surface area (Å²) in [4.78, 5) is 24.2. The van der Waals surface area contributed by atoms with E-state index in [1.54, 1.807) is 12.1 Å². The second kappa shape index (κ2) is 8.25. The fraction of sp³-hybridized carbons (Fsp3) is 0.333. The van der Waals surface area contributed by atoms with Crippen LogP contribution in [0.1, 0.15) is 36.7 Å². The maximum Gasteiger partial charge on any atom is 0.251 e. The number of nitrogens with one attached hydrogen (secondary N) is 1. The van der Waals surface area contributed by atoms with Crippen molar-refractivity contribution in [1.29, 1.82) is 0 Å². The first-order valence-corrected chi connectivity index (χ1v) is 8.62. The zero-order chi connectivity index (χ0) is 19.3. The molecule has 26 heavy (non-hydrogen) atoms. The first-order valence-electron chi connectivity index (χ1n) is 8.62. The van der Waals surface area contributed by atoms with Crippen molar-refractivity contribution in [2.45, 2.75) is 38.8 Å². The van der Waals surface area contributed by atoms with Crippen LogP contribution in [0.4, 0.5) is 0 Å². The van der Waals surface area contributed by atoms with Gasteiger partial charge in [-0.15, -0.1) is 0 Å². The number of aryl methyl sites for hydroxylation is 1. The van der Waals surface area contributed by atoms with Crippen molar-refractivity contribution in [3.05, 3.63) is 59.7 Å². The topological polar surface area (TPSA) is 86.6 Å². The number of benzene rings is 2. The van der Waals surface area contributed by atoms with Crippen molar-refractivity contribution >= 4 is 11.7 Å². The predicted molar refractivity (Wildman–Crippen MR) is 101 cm³/mol. The molecule has 0 heterocycles. The minimum atomic E-state index is -1.48. The van der Waals surface area contributed by atoms with Gasteiger partial charge in [0.05, 0.1) is 5.60 Å². The lowest BCUT2D eigenvalue weighted by atomic mass is 9.94. The van der Waals surface area contributed by atoms with E-state index in [4.69, 9.17) is 5.11 Å². The molecule has 0 aliphatic carbocycles. The summed E-state index contributed by atoms with van der Waals surface area (Å²) in [6.45, 7) is 4.18. The Morgan fingerprint density at radius 3 is 1.92 bits per heavy atom. The van der Waals surface area contributed by atoms with Crippen molar-refractivity contribution in [2.75, 3.05) is 6.61 Å². The number of aliphatic hydroxyl groups is 2. The van der Waals surface area contributed by atoms with Crippen LogP contribution in [-0.4, -0.2) is 40.2 Å². The number of aliphatic hydroxyl groups excluding tert-OH is 1. The van der Waals surface area contributed by atoms with Crippen molar-refractivity contribution < 1.29 is 19.8 Å². The molecule has 0 aromatic heterocycles. The zero-order valence-electron chi connectivity index (χ0n) is 15.3. The van der Waals surface area contributed by atoms with E-state index in [2.05, 4.69) is 24.4 Å². The molecule has 1 atom stereocenters. The van der Waals surface area contributed by atoms with Gasteiger partial charge in [-0.25, -0.2) is 0 Å². The molecule has 2 rings (SSSR count). The van der Waals surface area contributed by atoms with Gasteiger partial charge in [0.2, 0.25) is 0 Å². The van der Waals surface area contributed by atoms with Gasteiger partial charge in [-0.3, -0.25) is 9.59 Å². The first-order chi connectivity index (χ1) is 12.3. The molecule has 2 aromatic carbocycles. The average molecular weight is 355 g/mol. The van der Waals surface area contributed by atoms with Gasteiger partial charge in [0.1, 0.15) is 12.6 Å². The number of rotatable bonds is 7. The Hall–Kier alpha value is -2.50. The Morgan fingerprint density at radius 1 is 1.00 bits per heavy atom. The number of Topliss-reactive ketones (excluding diaryl/α,β-unsaturated/α-hetero) is 1. The molecule has 1 unspecified atom stereocenters. The lowest BCUT2D eigenvalue weighted by Gasteiger charge is -2.28. The van der Waals surface area contributed by atoms with Crippen LogP contribution >= 0.6 is 0 Å². The van der Waals surface area contributed by atoms with Gasteiger partial charge in [0.25, 0.3) is 5.91 Å². The molecule has 0 bridgehead atoms. The molecule has 0 aliphatic rings. The Labute approximate surface area is 153 Å². The molecule has 5 nitrogen and oxygen atoms in total. The largest absolute Gasteiger partial charge is 0.388 e. The van der Waals surface area contributed by atoms with Crippen LogP contribution in [0.25, 0.3) is 11.1 Å². The van der Waals surface area contributed by atoms with E-state index < -0.39 is 29.9 Å². The van der Waals surface area contributed by atoms with Gasteiger partial charge in [-0.1, -0.05) is 43.3 Å². The summed E-state index contributed by atoms with van der Waals surface area (Å²) in [6, 6.07) is 14.1. The highest BCUT2D eigenvalue weighted by atomic mass is 16.3. The molecular weight excluding hydrogens is 330 g/mol. The SMILES string of the molecule is CCc1ccc(-c2ccc(C(=O)NC(C(=O)CO)C(C)(C)O)cc2)cc1. The van der Waals surface area contributed by atoms with Crippen LogP contribution in [-0.2, 0) is 11.2 Å². The van der Waals surface area contributed by atoms with Gasteiger partial charge in [-0.05, 0) is 49.1 Å². The Balaban J connectivity index is 2.16. The maximum atomic E-state index is 12.4. The van der Waals surface area contributed by atoms with Crippen LogP contribution in [0.15, 0.2) is 48.5 Å². The molecule has 138 valence electrons. The highest BCUT2D eigenvalue weighted by molar-refractivity contribution is 5.98. The second-order valence-electron chi connectivity index (χ2n) is 6.81. The van der Waals surface area contributed by atoms with Gasteiger partial charge in [0.15, 0.2) is 5.78 Å². The van der Waals surface area contributed by atoms with E-state index in [1.807, 2.05) is 24.3 Å². The zero-order valence-corrected chi connectivity index (χ0v) is 15.3. The average Bonchev–Trinajstić information content (AvgIpc) is 2.64. The van der Waals surface area contributed by atoms with Crippen molar-refractivity contribution in [3.8, 4) is 11.1 Å². The van der Waals surface area contributed by atoms with Gasteiger partial charge >= 0.3 is 0 Å². The lowest BCUT2D eigenvalue weighted by Crippen LogP contribution is -2.54. The third-order valence-electron chi connectivity index (χ3n) is 4.30. The van der Waals surface area contributed by atoms with Crippen molar-refractivity contribution in [3.63, 3.8) is 0 Å². The molecular formula is C21H25NO4. The molecule has 5 heteroatoms. The molecule has 0 saturated heterocycles. The minimum Gasteiger partial charge on any atom is -0.388 e. The predicted octanol–water partition coefficient (Wildman–Crippen LogP) is 2.35. The summed E-state index contributed by atoms with van der Waals surface area (Å²) in [5, 5.41) is 21.6. The van der Waals surface area contributed by atoms with Gasteiger partial charge in [-0.2, -0.15) is 0 Å². The third kappa shape index (κ3) is 4.77. The number of amides is 1. The molecule has 1 amide bonds. The summed E-state index contributed by atoms with van der Waals surface area (Å²) in [5.41, 5.74) is 2.19. The van der Waals surface area contributed by atoms with Crippen molar-refractivity contribution in [1.82, 2.24) is 5.32 Å². The normalized spacial score (nSPS) is 12.5. The molecule has 0 fully saturated rings. The fourth-order valence-electron chi connectivity index (χ4n) is 2.70. The lowest BCUT2D eigenvalue weighted by molar-refractivity contribution is -0.129. The Bertz CT molecular complexity index is 758. The van der Waals surface area contributed by atoms with Crippen LogP contribution in [0.5, 0.6) is 0 Å². The first kappa shape index (κ1) is 19.8. The van der Waals surface area contributed by atoms with E-state index >= 15 is 0 Å². The molecule has 0 saturated carbocycles. The number of ketones is 1. The van der Waals surface area contributed by atoms with E-state index in [0.717, 1.165) is 17.5 Å². The van der Waals surface area contributed by atoms with Gasteiger partial charge < -0.3 is 15.5 Å². The van der Waals surface area contributed by atoms with Crippen LogP contribution in [0.2, 0.25) is 0 Å². The number of carbonyl (C=O) groups is 2. The highest BCUT2D eigenvalue weighted by Gasteiger charge is 2.34. The monoisotopic (exact) mass is 355 g/mol. The Morgan fingerprint density at radius 2 is 1.50 bits per heavy atom. The van der Waals surface area contributed by atoms with E-state index in [9.17, 15) is 14.7 Å². The Kier molecular flexibility index (Phi) is 6.29. The summed E-state index contributed by atoms with van der Waals surface area (Å²) in [6.07, 6.45) is 0.980. The summed E-state index contributed by atoms with van der Waals surface area (Å²) in [7, 11) is 0. The number of hydrogen-bond acceptors (Lipinski definition) is 4. The van der Waals surface area contributed by atoms with Crippen LogP contribution in [0.3, 0.4) is 0 Å². The molecule has 0 radical (unpaired) electrons. The molecule has 2 aromatic rings. The number of hydrogen-bond donors (Lipinski definition) is 3. The van der Waals surface area contributed by atoms with E-state index in [-0.39, 0.29) is 0 Å². The van der Waals surface area contributed by atoms with Crippen LogP contribution in [0, 0.1) is 0 Å². The standard InChI is InChI=1S/C21H25NO4/c1-4-14-5-7-15(8-6-14)16-9-11-17(12-10-16)20(25)22-19(18(24)13-23)21(2,3)26/h5-12,19,23,26H,4,13H2,1-3H3,(H,22,25). The minimum absolute atomic E-state index is 0.374. The quantitative estimate of drug-likeness (QED) is 0.711. The van der Waals surface area contributed by atoms with Crippen LogP contribution < -0.4 is 5.32 Å². The summed E-state index contributed by atoms with van der Waals surface area (Å²) < 4.78 is 0. The third-order valence-corrected chi connectivity index (χ3v) is 4.30. The molecule has 3 N–H and O–H groups in total. The van der Waals surface area contributed by atoms with E-state index in [0.29, 0.717) is 5.56 Å². The smallest absolute Gasteiger partial charge is 0.251 e. The summed E-state index contributed by atoms with van der Waals surface area (Å²) in [5.74, 6) is -1.12. The second-order valence-corrected chi connectivity index (χ2v) is 6.81. The molecule has 0 aliphatic heterocycles. The van der Waals surface area contributed by atoms with E-state index in [1.165, 1.54) is 19.4 Å². The molecule has 0 spiro atoms. The summed E-state index contributed by atoms with van der Waals surface area (Å²) >= 11 is 0. The maximum absolute atomic E-state index is 12.4. The van der Waals surface area contributed by atoms with Crippen molar-refractivity contribution in [2.24, 2.45) is 0 Å². The number of carbonyl (C=O) groups excluding carboxylic acids is 2.